The fraction of sp³-hybridized carbons (Fsp3) is 0.0889. The van der Waals surface area contributed by atoms with E-state index in [0.29, 0.717) is 6.54 Å². The standard InChI is InChI=1S/C45H36N2/c1-5-16-33(17-6-1)31-46-32-34-18-15-25-38(30-34)47-42-29-28-41-44(43(42)35-19-7-2-8-20-35)39-26-13-14-27-40(39)45(41,36-21-9-3-10-22-36)37-23-11-4-12-24-37/h1-3,5-11,13-30,32,47H,4,12,31H2/b46-32+. The highest BCUT2D eigenvalue weighted by atomic mass is 14.9. The van der Waals surface area contributed by atoms with Crippen LogP contribution in [0.3, 0.4) is 0 Å². The number of rotatable bonds is 8. The van der Waals surface area contributed by atoms with Crippen molar-refractivity contribution in [1.82, 2.24) is 0 Å². The highest BCUT2D eigenvalue weighted by Crippen LogP contribution is 2.60. The van der Waals surface area contributed by atoms with Gasteiger partial charge < -0.3 is 5.32 Å². The molecule has 47 heavy (non-hydrogen) atoms. The molecule has 6 aromatic carbocycles. The van der Waals surface area contributed by atoms with E-state index in [1.54, 1.807) is 0 Å². The highest BCUT2D eigenvalue weighted by molar-refractivity contribution is 6.01. The third-order valence-electron chi connectivity index (χ3n) is 9.43. The van der Waals surface area contributed by atoms with Crippen LogP contribution in [0.15, 0.2) is 180 Å². The number of hydrogen-bond donors (Lipinski definition) is 1. The molecule has 0 spiro atoms. The fourth-order valence-corrected chi connectivity index (χ4v) is 7.44. The number of hydrogen-bond acceptors (Lipinski definition) is 2. The van der Waals surface area contributed by atoms with Crippen LogP contribution in [-0.4, -0.2) is 6.21 Å². The van der Waals surface area contributed by atoms with Crippen LogP contribution < -0.4 is 5.32 Å². The molecule has 2 aliphatic rings. The summed E-state index contributed by atoms with van der Waals surface area (Å²) < 4.78 is 0. The van der Waals surface area contributed by atoms with Crippen molar-refractivity contribution in [2.45, 2.75) is 24.8 Å². The lowest BCUT2D eigenvalue weighted by molar-refractivity contribution is 0.752. The van der Waals surface area contributed by atoms with Crippen molar-refractivity contribution in [2.75, 3.05) is 5.32 Å². The molecule has 0 bridgehead atoms. The largest absolute Gasteiger partial charge is 0.355 e. The molecular formula is C45H36N2. The maximum Gasteiger partial charge on any atom is 0.0710 e. The monoisotopic (exact) mass is 604 g/mol. The van der Waals surface area contributed by atoms with E-state index in [1.165, 1.54) is 50.1 Å². The summed E-state index contributed by atoms with van der Waals surface area (Å²) in [4.78, 5) is 4.72. The van der Waals surface area contributed by atoms with Gasteiger partial charge in [0.15, 0.2) is 0 Å². The van der Waals surface area contributed by atoms with Gasteiger partial charge in [-0.05, 0) is 81.1 Å². The van der Waals surface area contributed by atoms with Crippen LogP contribution in [0.25, 0.3) is 22.3 Å². The van der Waals surface area contributed by atoms with Gasteiger partial charge in [0.1, 0.15) is 0 Å². The number of nitrogens with one attached hydrogen (secondary N) is 1. The first kappa shape index (κ1) is 28.7. The molecule has 0 aromatic heterocycles. The van der Waals surface area contributed by atoms with E-state index < -0.39 is 5.41 Å². The molecule has 0 saturated carbocycles. The quantitative estimate of drug-likeness (QED) is 0.172. The zero-order chi connectivity index (χ0) is 31.5. The highest BCUT2D eigenvalue weighted by Gasteiger charge is 2.47. The summed E-state index contributed by atoms with van der Waals surface area (Å²) in [7, 11) is 0. The van der Waals surface area contributed by atoms with Crippen LogP contribution in [0.5, 0.6) is 0 Å². The van der Waals surface area contributed by atoms with Crippen molar-refractivity contribution < 1.29 is 0 Å². The van der Waals surface area contributed by atoms with Crippen molar-refractivity contribution >= 4 is 17.6 Å². The number of anilines is 2. The van der Waals surface area contributed by atoms with Crippen LogP contribution in [0.1, 0.15) is 40.7 Å². The second-order valence-electron chi connectivity index (χ2n) is 12.3. The Kier molecular flexibility index (Phi) is 7.69. The minimum Gasteiger partial charge on any atom is -0.355 e. The number of fused-ring (bicyclic) bond motifs is 3. The number of benzene rings is 6. The molecule has 0 radical (unpaired) electrons. The Morgan fingerprint density at radius 1 is 0.638 bits per heavy atom. The zero-order valence-electron chi connectivity index (χ0n) is 26.3. The Morgan fingerprint density at radius 3 is 2.17 bits per heavy atom. The smallest absolute Gasteiger partial charge is 0.0710 e. The molecule has 0 fully saturated rings. The van der Waals surface area contributed by atoms with Crippen LogP contribution in [0, 0.1) is 0 Å². The molecule has 2 nitrogen and oxygen atoms in total. The molecule has 226 valence electrons. The summed E-state index contributed by atoms with van der Waals surface area (Å²) in [5.41, 5.74) is 14.3. The van der Waals surface area contributed by atoms with E-state index in [4.69, 9.17) is 4.99 Å². The Bertz CT molecular complexity index is 2120. The normalized spacial score (nSPS) is 16.5. The average Bonchev–Trinajstić information content (AvgIpc) is 3.44. The second-order valence-corrected chi connectivity index (χ2v) is 12.3. The SMILES string of the molecule is C1=CC(C2(c3ccccc3)c3ccccc3-c3c2ccc(Nc2cccc(/C=N/Cc4ccccc4)c2)c3-c2ccccc2)=CCC1. The lowest BCUT2D eigenvalue weighted by atomic mass is 9.66. The van der Waals surface area contributed by atoms with Crippen LogP contribution in [0.2, 0.25) is 0 Å². The van der Waals surface area contributed by atoms with Crippen molar-refractivity contribution in [1.29, 1.82) is 0 Å². The van der Waals surface area contributed by atoms with Gasteiger partial charge in [-0.3, -0.25) is 4.99 Å². The van der Waals surface area contributed by atoms with Gasteiger partial charge in [-0.1, -0.05) is 152 Å². The third kappa shape index (κ3) is 5.22. The summed E-state index contributed by atoms with van der Waals surface area (Å²) in [6.45, 7) is 0.662. The first-order valence-corrected chi connectivity index (χ1v) is 16.5. The first-order chi connectivity index (χ1) is 23.3. The molecule has 0 heterocycles. The van der Waals surface area contributed by atoms with E-state index in [2.05, 4.69) is 169 Å². The molecule has 1 atom stereocenters. The van der Waals surface area contributed by atoms with E-state index in [1.807, 2.05) is 12.3 Å². The summed E-state index contributed by atoms with van der Waals surface area (Å²) in [5, 5.41) is 3.84. The molecule has 8 rings (SSSR count). The van der Waals surface area contributed by atoms with Gasteiger partial charge in [0, 0.05) is 23.2 Å². The molecule has 2 aliphatic carbocycles. The van der Waals surface area contributed by atoms with Gasteiger partial charge in [-0.2, -0.15) is 0 Å². The van der Waals surface area contributed by atoms with Crippen LogP contribution >= 0.6 is 0 Å². The first-order valence-electron chi connectivity index (χ1n) is 16.5. The molecule has 0 saturated heterocycles. The van der Waals surface area contributed by atoms with E-state index in [9.17, 15) is 0 Å². The molecule has 1 N–H and O–H groups in total. The van der Waals surface area contributed by atoms with Crippen molar-refractivity contribution in [3.8, 4) is 22.3 Å². The Morgan fingerprint density at radius 2 is 1.38 bits per heavy atom. The Balaban J connectivity index is 1.29. The lowest BCUT2D eigenvalue weighted by Gasteiger charge is -2.36. The summed E-state index contributed by atoms with van der Waals surface area (Å²) >= 11 is 0. The minimum atomic E-state index is -0.401. The summed E-state index contributed by atoms with van der Waals surface area (Å²) in [5.74, 6) is 0. The maximum atomic E-state index is 4.72. The van der Waals surface area contributed by atoms with E-state index >= 15 is 0 Å². The lowest BCUT2D eigenvalue weighted by Crippen LogP contribution is -2.29. The minimum absolute atomic E-state index is 0.401. The number of nitrogens with zero attached hydrogens (tertiary/aromatic N) is 1. The Labute approximate surface area is 277 Å². The van der Waals surface area contributed by atoms with Crippen molar-refractivity contribution in [2.24, 2.45) is 4.99 Å². The fourth-order valence-electron chi connectivity index (χ4n) is 7.44. The van der Waals surface area contributed by atoms with Crippen molar-refractivity contribution in [3.63, 3.8) is 0 Å². The van der Waals surface area contributed by atoms with Gasteiger partial charge in [-0.25, -0.2) is 0 Å². The molecule has 0 aliphatic heterocycles. The van der Waals surface area contributed by atoms with Gasteiger partial charge in [0.2, 0.25) is 0 Å². The topological polar surface area (TPSA) is 24.4 Å². The molecule has 1 unspecified atom stereocenters. The van der Waals surface area contributed by atoms with Crippen LogP contribution in [0.4, 0.5) is 11.4 Å². The van der Waals surface area contributed by atoms with Crippen molar-refractivity contribution in [3.05, 3.63) is 203 Å². The molecule has 6 aromatic rings. The van der Waals surface area contributed by atoms with Gasteiger partial charge in [-0.15, -0.1) is 0 Å². The zero-order valence-corrected chi connectivity index (χ0v) is 26.3. The maximum absolute atomic E-state index is 4.72. The van der Waals surface area contributed by atoms with Gasteiger partial charge >= 0.3 is 0 Å². The number of allylic oxidation sites excluding steroid dienone is 4. The number of aliphatic imine (C=N–C) groups is 1. The predicted molar refractivity (Wildman–Crippen MR) is 198 cm³/mol. The molecular weight excluding hydrogens is 569 g/mol. The predicted octanol–water partition coefficient (Wildman–Crippen LogP) is 11.3. The Hall–Kier alpha value is -5.73. The van der Waals surface area contributed by atoms with Crippen LogP contribution in [-0.2, 0) is 12.0 Å². The van der Waals surface area contributed by atoms with Gasteiger partial charge in [0.25, 0.3) is 0 Å². The molecule has 0 amide bonds. The summed E-state index contributed by atoms with van der Waals surface area (Å²) in [6.07, 6.45) is 11.3. The molecule has 2 heteroatoms. The second kappa shape index (κ2) is 12.6. The van der Waals surface area contributed by atoms with Gasteiger partial charge in [0.05, 0.1) is 12.0 Å². The summed E-state index contributed by atoms with van der Waals surface area (Å²) in [6, 6.07) is 54.5. The average molecular weight is 605 g/mol. The van der Waals surface area contributed by atoms with E-state index in [-0.39, 0.29) is 0 Å². The van der Waals surface area contributed by atoms with E-state index in [0.717, 1.165) is 29.8 Å². The third-order valence-corrected chi connectivity index (χ3v) is 9.43.